The number of hydrogen-bond acceptors (Lipinski definition) is 5. The van der Waals surface area contributed by atoms with E-state index in [0.29, 0.717) is 11.4 Å². The van der Waals surface area contributed by atoms with Crippen LogP contribution >= 0.6 is 0 Å². The van der Waals surface area contributed by atoms with Gasteiger partial charge in [0.15, 0.2) is 5.82 Å². The number of nitrogens with zero attached hydrogens (tertiary/aromatic N) is 3. The van der Waals surface area contributed by atoms with Gasteiger partial charge in [0.25, 0.3) is 0 Å². The number of hydrogen-bond donors (Lipinski definition) is 0. The molecule has 1 aliphatic heterocycles. The second-order valence-corrected chi connectivity index (χ2v) is 9.73. The van der Waals surface area contributed by atoms with Crippen molar-refractivity contribution >= 4 is 12.6 Å². The molecule has 6 heteroatoms. The van der Waals surface area contributed by atoms with Crippen LogP contribution in [0.5, 0.6) is 0 Å². The minimum absolute atomic E-state index is 0.389. The molecule has 1 aromatic heterocycles. The fourth-order valence-electron chi connectivity index (χ4n) is 3.97. The van der Waals surface area contributed by atoms with Gasteiger partial charge in [0.1, 0.15) is 0 Å². The number of rotatable bonds is 4. The maximum absolute atomic E-state index is 9.15. The molecular formula is C29H26BN3O2. The summed E-state index contributed by atoms with van der Waals surface area (Å²) in [6.45, 7) is 8.20. The Hall–Kier alpha value is -3.79. The van der Waals surface area contributed by atoms with Gasteiger partial charge in [-0.3, -0.25) is 0 Å². The van der Waals surface area contributed by atoms with E-state index in [9.17, 15) is 0 Å². The molecule has 0 atom stereocenters. The zero-order valence-electron chi connectivity index (χ0n) is 20.3. The highest BCUT2D eigenvalue weighted by atomic mass is 16.7. The van der Waals surface area contributed by atoms with E-state index in [1.807, 2.05) is 72.8 Å². The Kier molecular flexibility index (Phi) is 5.76. The van der Waals surface area contributed by atoms with E-state index in [0.717, 1.165) is 33.5 Å². The van der Waals surface area contributed by atoms with Gasteiger partial charge >= 0.3 is 7.12 Å². The van der Waals surface area contributed by atoms with E-state index in [4.69, 9.17) is 24.5 Å². The van der Waals surface area contributed by atoms with Crippen LogP contribution < -0.4 is 5.46 Å². The first-order chi connectivity index (χ1) is 16.8. The largest absolute Gasteiger partial charge is 0.494 e. The van der Waals surface area contributed by atoms with Crippen molar-refractivity contribution in [2.24, 2.45) is 0 Å². The molecule has 0 radical (unpaired) electrons. The van der Waals surface area contributed by atoms with Gasteiger partial charge in [0.05, 0.1) is 34.2 Å². The molecule has 5 rings (SSSR count). The molecular weight excluding hydrogens is 433 g/mol. The van der Waals surface area contributed by atoms with Crippen LogP contribution in [0.15, 0.2) is 84.9 Å². The van der Waals surface area contributed by atoms with Crippen molar-refractivity contribution in [3.63, 3.8) is 0 Å². The summed E-state index contributed by atoms with van der Waals surface area (Å²) in [6.07, 6.45) is 0. The molecule has 3 aromatic carbocycles. The van der Waals surface area contributed by atoms with Crippen LogP contribution in [0.2, 0.25) is 0 Å². The first-order valence-electron chi connectivity index (χ1n) is 11.7. The zero-order chi connectivity index (χ0) is 24.6. The highest BCUT2D eigenvalue weighted by Gasteiger charge is 2.51. The molecule has 4 aromatic rings. The molecule has 1 fully saturated rings. The van der Waals surface area contributed by atoms with E-state index in [2.05, 4.69) is 33.8 Å². The molecule has 1 aliphatic rings. The Morgan fingerprint density at radius 1 is 0.686 bits per heavy atom. The van der Waals surface area contributed by atoms with Crippen LogP contribution in [0.3, 0.4) is 0 Å². The minimum Gasteiger partial charge on any atom is -0.399 e. The number of aromatic nitrogens is 2. The third kappa shape index (κ3) is 4.49. The van der Waals surface area contributed by atoms with Gasteiger partial charge in [-0.15, -0.1) is 0 Å². The molecule has 0 N–H and O–H groups in total. The van der Waals surface area contributed by atoms with Gasteiger partial charge < -0.3 is 9.31 Å². The predicted molar refractivity (Wildman–Crippen MR) is 139 cm³/mol. The lowest BCUT2D eigenvalue weighted by atomic mass is 9.79. The summed E-state index contributed by atoms with van der Waals surface area (Å²) in [4.78, 5) is 9.75. The van der Waals surface area contributed by atoms with E-state index < -0.39 is 7.12 Å². The van der Waals surface area contributed by atoms with E-state index in [1.54, 1.807) is 12.1 Å². The van der Waals surface area contributed by atoms with Gasteiger partial charge in [-0.1, -0.05) is 66.7 Å². The van der Waals surface area contributed by atoms with Crippen molar-refractivity contribution in [1.82, 2.24) is 9.97 Å². The molecule has 0 aliphatic carbocycles. The Bertz CT molecular complexity index is 1380. The molecule has 35 heavy (non-hydrogen) atoms. The average molecular weight is 459 g/mol. The van der Waals surface area contributed by atoms with E-state index in [1.165, 1.54) is 0 Å². The first-order valence-corrected chi connectivity index (χ1v) is 11.7. The van der Waals surface area contributed by atoms with Gasteiger partial charge in [-0.2, -0.15) is 5.26 Å². The van der Waals surface area contributed by atoms with Gasteiger partial charge in [-0.25, -0.2) is 9.97 Å². The van der Waals surface area contributed by atoms with E-state index >= 15 is 0 Å². The third-order valence-corrected chi connectivity index (χ3v) is 6.80. The number of benzene rings is 3. The summed E-state index contributed by atoms with van der Waals surface area (Å²) in [7, 11) is -0.417. The highest BCUT2D eigenvalue weighted by Crippen LogP contribution is 2.36. The van der Waals surface area contributed by atoms with Gasteiger partial charge in [-0.05, 0) is 51.4 Å². The van der Waals surface area contributed by atoms with Crippen molar-refractivity contribution in [2.45, 2.75) is 38.9 Å². The molecule has 5 nitrogen and oxygen atoms in total. The van der Waals surface area contributed by atoms with Crippen molar-refractivity contribution in [1.29, 1.82) is 5.26 Å². The minimum atomic E-state index is -0.417. The summed E-state index contributed by atoms with van der Waals surface area (Å²) in [5, 5.41) is 9.15. The number of nitriles is 1. The molecule has 0 saturated carbocycles. The molecule has 172 valence electrons. The van der Waals surface area contributed by atoms with Gasteiger partial charge in [0.2, 0.25) is 0 Å². The lowest BCUT2D eigenvalue weighted by molar-refractivity contribution is 0.00578. The van der Waals surface area contributed by atoms with Gasteiger partial charge in [0, 0.05) is 16.7 Å². The fourth-order valence-corrected chi connectivity index (χ4v) is 3.97. The Balaban J connectivity index is 1.53. The summed E-state index contributed by atoms with van der Waals surface area (Å²) in [5.74, 6) is 0.631. The zero-order valence-corrected chi connectivity index (χ0v) is 20.3. The topological polar surface area (TPSA) is 68.0 Å². The molecule has 1 saturated heterocycles. The smallest absolute Gasteiger partial charge is 0.399 e. The Morgan fingerprint density at radius 3 is 1.74 bits per heavy atom. The molecule has 0 spiro atoms. The molecule has 0 unspecified atom stereocenters. The quantitative estimate of drug-likeness (QED) is 0.369. The van der Waals surface area contributed by atoms with E-state index in [-0.39, 0.29) is 11.2 Å². The summed E-state index contributed by atoms with van der Waals surface area (Å²) in [6, 6.07) is 29.7. The first kappa shape index (κ1) is 23.0. The van der Waals surface area contributed by atoms with Crippen LogP contribution in [0, 0.1) is 11.3 Å². The summed E-state index contributed by atoms with van der Waals surface area (Å²) < 4.78 is 12.4. The third-order valence-electron chi connectivity index (χ3n) is 6.80. The van der Waals surface area contributed by atoms with Crippen LogP contribution in [-0.2, 0) is 9.31 Å². The van der Waals surface area contributed by atoms with Crippen molar-refractivity contribution in [3.8, 4) is 40.0 Å². The van der Waals surface area contributed by atoms with Crippen LogP contribution in [0.4, 0.5) is 0 Å². The second kappa shape index (κ2) is 8.77. The Morgan fingerprint density at radius 2 is 1.20 bits per heavy atom. The normalized spacial score (nSPS) is 16.1. The van der Waals surface area contributed by atoms with Crippen molar-refractivity contribution < 1.29 is 9.31 Å². The molecule has 0 bridgehead atoms. The van der Waals surface area contributed by atoms with Crippen LogP contribution in [0.25, 0.3) is 33.9 Å². The maximum atomic E-state index is 9.15. The summed E-state index contributed by atoms with van der Waals surface area (Å²) in [5.41, 5.74) is 5.28. The monoisotopic (exact) mass is 459 g/mol. The molecule has 2 heterocycles. The highest BCUT2D eigenvalue weighted by molar-refractivity contribution is 6.62. The second-order valence-electron chi connectivity index (χ2n) is 9.73. The van der Waals surface area contributed by atoms with Crippen molar-refractivity contribution in [3.05, 3.63) is 90.5 Å². The standard InChI is InChI=1S/C29H26BN3O2/c1-28(2)29(3,4)35-30(34-28)24-16-14-23(15-17-24)27-32-25(21-8-6-5-7-9-21)18-26(33-27)22-12-10-20(19-31)11-13-22/h5-18H,1-4H3. The lowest BCUT2D eigenvalue weighted by Gasteiger charge is -2.32. The maximum Gasteiger partial charge on any atom is 0.494 e. The lowest BCUT2D eigenvalue weighted by Crippen LogP contribution is -2.41. The SMILES string of the molecule is CC1(C)OB(c2ccc(-c3nc(-c4ccccc4)cc(-c4ccc(C#N)cc4)n3)cc2)OC1(C)C. The summed E-state index contributed by atoms with van der Waals surface area (Å²) >= 11 is 0. The predicted octanol–water partition coefficient (Wildman–Crippen LogP) is 5.65. The molecule has 0 amide bonds. The van der Waals surface area contributed by atoms with Crippen molar-refractivity contribution in [2.75, 3.05) is 0 Å². The Labute approximate surface area is 206 Å². The van der Waals surface area contributed by atoms with Crippen LogP contribution in [-0.4, -0.2) is 28.3 Å². The fraction of sp³-hybridized carbons (Fsp3) is 0.207. The average Bonchev–Trinajstić information content (AvgIpc) is 3.11. The van der Waals surface area contributed by atoms with Crippen LogP contribution in [0.1, 0.15) is 33.3 Å².